The molecule has 118 valence electrons. The largest absolute Gasteiger partial charge is 0.481 e. The molecule has 4 saturated carbocycles. The van der Waals surface area contributed by atoms with Gasteiger partial charge < -0.3 is 5.11 Å². The van der Waals surface area contributed by atoms with Crippen molar-refractivity contribution < 1.29 is 9.90 Å². The molecule has 21 heavy (non-hydrogen) atoms. The summed E-state index contributed by atoms with van der Waals surface area (Å²) >= 11 is 0. The molecular formula is C18H29NO2. The summed E-state index contributed by atoms with van der Waals surface area (Å²) in [5.41, 5.74) is 0.576. The van der Waals surface area contributed by atoms with Crippen LogP contribution in [-0.4, -0.2) is 35.1 Å². The van der Waals surface area contributed by atoms with Crippen LogP contribution in [0.2, 0.25) is 0 Å². The van der Waals surface area contributed by atoms with Crippen molar-refractivity contribution in [3.8, 4) is 0 Å². The van der Waals surface area contributed by atoms with Gasteiger partial charge in [-0.2, -0.15) is 0 Å². The summed E-state index contributed by atoms with van der Waals surface area (Å²) in [6, 6.07) is 0.671. The van der Waals surface area contributed by atoms with Gasteiger partial charge in [0.2, 0.25) is 0 Å². The second kappa shape index (κ2) is 4.97. The van der Waals surface area contributed by atoms with Crippen LogP contribution in [0.4, 0.5) is 0 Å². The van der Waals surface area contributed by atoms with E-state index in [1.807, 2.05) is 0 Å². The van der Waals surface area contributed by atoms with Crippen molar-refractivity contribution >= 4 is 5.97 Å². The molecule has 0 aromatic rings. The van der Waals surface area contributed by atoms with E-state index in [2.05, 4.69) is 11.8 Å². The Bertz CT molecular complexity index is 398. The van der Waals surface area contributed by atoms with Gasteiger partial charge in [-0.1, -0.05) is 0 Å². The molecule has 4 bridgehead atoms. The van der Waals surface area contributed by atoms with Crippen molar-refractivity contribution in [2.75, 3.05) is 13.1 Å². The minimum absolute atomic E-state index is 0.365. The average molecular weight is 291 g/mol. The molecule has 1 saturated heterocycles. The Kier molecular flexibility index (Phi) is 3.33. The summed E-state index contributed by atoms with van der Waals surface area (Å²) < 4.78 is 0. The van der Waals surface area contributed by atoms with Crippen LogP contribution in [-0.2, 0) is 4.79 Å². The number of hydrogen-bond donors (Lipinski definition) is 1. The molecule has 0 aromatic carbocycles. The summed E-state index contributed by atoms with van der Waals surface area (Å²) in [6.45, 7) is 4.60. The molecule has 1 heterocycles. The van der Waals surface area contributed by atoms with E-state index in [1.54, 1.807) is 0 Å². The third-order valence-electron chi connectivity index (χ3n) is 7.30. The first kappa shape index (κ1) is 14.0. The molecule has 4 aliphatic carbocycles. The highest BCUT2D eigenvalue weighted by Crippen LogP contribution is 2.62. The topological polar surface area (TPSA) is 40.5 Å². The van der Waals surface area contributed by atoms with E-state index in [0.29, 0.717) is 23.8 Å². The Morgan fingerprint density at radius 3 is 2.29 bits per heavy atom. The van der Waals surface area contributed by atoms with Crippen molar-refractivity contribution in [1.82, 2.24) is 4.90 Å². The van der Waals surface area contributed by atoms with E-state index in [-0.39, 0.29) is 0 Å². The van der Waals surface area contributed by atoms with E-state index in [0.717, 1.165) is 37.3 Å². The Balaban J connectivity index is 1.45. The van der Waals surface area contributed by atoms with E-state index in [9.17, 15) is 4.79 Å². The van der Waals surface area contributed by atoms with Crippen LogP contribution in [0.25, 0.3) is 0 Å². The highest BCUT2D eigenvalue weighted by Gasteiger charge is 2.54. The summed E-state index contributed by atoms with van der Waals surface area (Å²) in [5.74, 6) is 2.80. The molecule has 0 amide bonds. The molecule has 2 unspecified atom stereocenters. The number of nitrogens with zero attached hydrogens (tertiary/aromatic N) is 1. The fraction of sp³-hybridized carbons (Fsp3) is 0.944. The Morgan fingerprint density at radius 1 is 1.19 bits per heavy atom. The smallest absolute Gasteiger partial charge is 0.303 e. The predicted octanol–water partition coefficient (Wildman–Crippen LogP) is 3.39. The molecule has 0 aromatic heterocycles. The van der Waals surface area contributed by atoms with Crippen LogP contribution < -0.4 is 0 Å². The Labute approximate surface area is 128 Å². The van der Waals surface area contributed by atoms with E-state index < -0.39 is 5.97 Å². The van der Waals surface area contributed by atoms with Gasteiger partial charge in [-0.25, -0.2) is 0 Å². The molecule has 3 heteroatoms. The monoisotopic (exact) mass is 291 g/mol. The van der Waals surface area contributed by atoms with Crippen LogP contribution in [0.5, 0.6) is 0 Å². The summed E-state index contributed by atoms with van der Waals surface area (Å²) in [5, 5.41) is 9.01. The summed E-state index contributed by atoms with van der Waals surface area (Å²) in [7, 11) is 0. The number of rotatable bonds is 4. The van der Waals surface area contributed by atoms with Crippen molar-refractivity contribution in [2.24, 2.45) is 29.1 Å². The van der Waals surface area contributed by atoms with Crippen molar-refractivity contribution in [3.05, 3.63) is 0 Å². The fourth-order valence-electron chi connectivity index (χ4n) is 6.70. The average Bonchev–Trinajstić information content (AvgIpc) is 2.83. The zero-order chi connectivity index (χ0) is 14.6. The third kappa shape index (κ3) is 2.42. The minimum Gasteiger partial charge on any atom is -0.481 e. The standard InChI is InChI=1S/C18H29NO2/c1-12(19-3-2-13(11-19)7-17(20)21)18-8-14-4-15(9-18)6-16(5-14)10-18/h12-16H,2-11H2,1H3,(H,20,21). The van der Waals surface area contributed by atoms with Crippen LogP contribution in [0, 0.1) is 29.1 Å². The van der Waals surface area contributed by atoms with Gasteiger partial charge in [0.25, 0.3) is 0 Å². The number of carbonyl (C=O) groups is 1. The molecule has 1 N–H and O–H groups in total. The zero-order valence-corrected chi connectivity index (χ0v) is 13.3. The lowest BCUT2D eigenvalue weighted by atomic mass is 9.47. The van der Waals surface area contributed by atoms with Crippen LogP contribution in [0.3, 0.4) is 0 Å². The molecule has 5 fully saturated rings. The van der Waals surface area contributed by atoms with E-state index in [1.165, 1.54) is 38.5 Å². The van der Waals surface area contributed by atoms with Crippen LogP contribution in [0.1, 0.15) is 58.3 Å². The highest BCUT2D eigenvalue weighted by molar-refractivity contribution is 5.67. The van der Waals surface area contributed by atoms with Gasteiger partial charge in [0, 0.05) is 19.0 Å². The van der Waals surface area contributed by atoms with Gasteiger partial charge in [-0.15, -0.1) is 0 Å². The third-order valence-corrected chi connectivity index (χ3v) is 7.30. The Hall–Kier alpha value is -0.570. The molecule has 3 nitrogen and oxygen atoms in total. The fourth-order valence-corrected chi connectivity index (χ4v) is 6.70. The predicted molar refractivity (Wildman–Crippen MR) is 82.0 cm³/mol. The summed E-state index contributed by atoms with van der Waals surface area (Å²) in [6.07, 6.45) is 10.3. The van der Waals surface area contributed by atoms with Crippen LogP contribution in [0.15, 0.2) is 0 Å². The molecule has 5 aliphatic rings. The van der Waals surface area contributed by atoms with E-state index >= 15 is 0 Å². The molecule has 0 spiro atoms. The molecular weight excluding hydrogens is 262 g/mol. The molecule has 5 rings (SSSR count). The number of carboxylic acid groups (broad SMARTS) is 1. The second-order valence-corrected chi connectivity index (χ2v) is 8.70. The second-order valence-electron chi connectivity index (χ2n) is 8.70. The maximum atomic E-state index is 10.9. The van der Waals surface area contributed by atoms with Gasteiger partial charge in [0.05, 0.1) is 0 Å². The normalized spacial score (nSPS) is 46.9. The maximum absolute atomic E-state index is 10.9. The van der Waals surface area contributed by atoms with Crippen molar-refractivity contribution in [3.63, 3.8) is 0 Å². The lowest BCUT2D eigenvalue weighted by Gasteiger charge is -2.60. The lowest BCUT2D eigenvalue weighted by molar-refractivity contribution is -0.138. The SMILES string of the molecule is CC(N1CCC(CC(=O)O)C1)C12CC3CC(CC(C3)C1)C2. The van der Waals surface area contributed by atoms with Crippen LogP contribution >= 0.6 is 0 Å². The Morgan fingerprint density at radius 2 is 1.76 bits per heavy atom. The van der Waals surface area contributed by atoms with Gasteiger partial charge in [-0.3, -0.25) is 9.69 Å². The molecule has 2 atom stereocenters. The number of carboxylic acids is 1. The first-order valence-electron chi connectivity index (χ1n) is 9.00. The summed E-state index contributed by atoms with van der Waals surface area (Å²) in [4.78, 5) is 13.6. The molecule has 1 aliphatic heterocycles. The minimum atomic E-state index is -0.621. The first-order valence-corrected chi connectivity index (χ1v) is 9.00. The molecule has 0 radical (unpaired) electrons. The van der Waals surface area contributed by atoms with Gasteiger partial charge in [0.1, 0.15) is 0 Å². The number of aliphatic carboxylic acids is 1. The van der Waals surface area contributed by atoms with E-state index in [4.69, 9.17) is 5.11 Å². The van der Waals surface area contributed by atoms with Crippen molar-refractivity contribution in [2.45, 2.75) is 64.3 Å². The zero-order valence-electron chi connectivity index (χ0n) is 13.3. The highest BCUT2D eigenvalue weighted by atomic mass is 16.4. The quantitative estimate of drug-likeness (QED) is 0.863. The van der Waals surface area contributed by atoms with Gasteiger partial charge in [-0.05, 0) is 87.5 Å². The van der Waals surface area contributed by atoms with Crippen molar-refractivity contribution in [1.29, 1.82) is 0 Å². The van der Waals surface area contributed by atoms with Gasteiger partial charge >= 0.3 is 5.97 Å². The van der Waals surface area contributed by atoms with Gasteiger partial charge in [0.15, 0.2) is 0 Å². The lowest BCUT2D eigenvalue weighted by Crippen LogP contribution is -2.55. The number of likely N-dealkylation sites (tertiary alicyclic amines) is 1. The number of hydrogen-bond acceptors (Lipinski definition) is 2. The maximum Gasteiger partial charge on any atom is 0.303 e. The first-order chi connectivity index (χ1) is 10.0.